The van der Waals surface area contributed by atoms with Crippen molar-refractivity contribution in [3.8, 4) is 0 Å². The van der Waals surface area contributed by atoms with Gasteiger partial charge in [-0.1, -0.05) is 13.8 Å². The molecule has 1 heterocycles. The van der Waals surface area contributed by atoms with Crippen LogP contribution in [0.5, 0.6) is 0 Å². The van der Waals surface area contributed by atoms with Gasteiger partial charge in [0.05, 0.1) is 4.92 Å². The van der Waals surface area contributed by atoms with Gasteiger partial charge < -0.3 is 5.32 Å². The minimum atomic E-state index is -0.385. The van der Waals surface area contributed by atoms with Crippen molar-refractivity contribution in [2.75, 3.05) is 11.9 Å². The number of anilines is 1. The van der Waals surface area contributed by atoms with Crippen LogP contribution < -0.4 is 5.32 Å². The molecule has 1 aliphatic rings. The summed E-state index contributed by atoms with van der Waals surface area (Å²) in [5, 5.41) is 14.1. The molecule has 1 N–H and O–H groups in total. The summed E-state index contributed by atoms with van der Waals surface area (Å²) in [5.74, 6) is 0.987. The van der Waals surface area contributed by atoms with Gasteiger partial charge in [-0.15, -0.1) is 0 Å². The predicted octanol–water partition coefficient (Wildman–Crippen LogP) is 3.15. The molecule has 0 saturated heterocycles. The molecule has 1 saturated carbocycles. The summed E-state index contributed by atoms with van der Waals surface area (Å²) in [6.45, 7) is 7.01. The average molecular weight is 249 g/mol. The highest BCUT2D eigenvalue weighted by molar-refractivity contribution is 5.56. The molecular weight excluding hydrogens is 230 g/mol. The number of rotatable bonds is 5. The van der Waals surface area contributed by atoms with Crippen molar-refractivity contribution >= 4 is 11.5 Å². The van der Waals surface area contributed by atoms with E-state index < -0.39 is 0 Å². The molecule has 2 rings (SSSR count). The van der Waals surface area contributed by atoms with Crippen LogP contribution in [0.25, 0.3) is 0 Å². The Morgan fingerprint density at radius 1 is 1.50 bits per heavy atom. The molecule has 5 heteroatoms. The monoisotopic (exact) mass is 249 g/mol. The van der Waals surface area contributed by atoms with Gasteiger partial charge in [0.15, 0.2) is 0 Å². The molecule has 0 unspecified atom stereocenters. The minimum Gasteiger partial charge on any atom is -0.364 e. The molecule has 0 aromatic carbocycles. The van der Waals surface area contributed by atoms with Crippen molar-refractivity contribution in [1.82, 2.24) is 4.98 Å². The Morgan fingerprint density at radius 3 is 2.67 bits per heavy atom. The number of hydrogen-bond acceptors (Lipinski definition) is 4. The van der Waals surface area contributed by atoms with Crippen molar-refractivity contribution in [1.29, 1.82) is 0 Å². The number of nitro groups is 1. The van der Waals surface area contributed by atoms with E-state index in [4.69, 9.17) is 0 Å². The second-order valence-electron chi connectivity index (χ2n) is 5.45. The lowest BCUT2D eigenvalue weighted by Gasteiger charge is -2.20. The quantitative estimate of drug-likeness (QED) is 0.643. The van der Waals surface area contributed by atoms with E-state index in [-0.39, 0.29) is 10.6 Å². The van der Waals surface area contributed by atoms with E-state index in [0.717, 1.165) is 12.2 Å². The molecule has 1 aromatic heterocycles. The van der Waals surface area contributed by atoms with Gasteiger partial charge in [-0.2, -0.15) is 0 Å². The number of aromatic nitrogens is 1. The van der Waals surface area contributed by atoms with E-state index in [0.29, 0.717) is 17.2 Å². The maximum atomic E-state index is 10.9. The second kappa shape index (κ2) is 4.55. The fraction of sp³-hybridized carbons (Fsp3) is 0.615. The number of aryl methyl sites for hydroxylation is 1. The summed E-state index contributed by atoms with van der Waals surface area (Å²) in [6, 6.07) is 3.18. The summed E-state index contributed by atoms with van der Waals surface area (Å²) < 4.78 is 0. The zero-order valence-electron chi connectivity index (χ0n) is 11.1. The van der Waals surface area contributed by atoms with Crippen LogP contribution in [0.4, 0.5) is 11.5 Å². The molecule has 0 amide bonds. The third-order valence-electron chi connectivity index (χ3n) is 3.93. The Hall–Kier alpha value is -1.65. The van der Waals surface area contributed by atoms with Gasteiger partial charge in [-0.3, -0.25) is 10.1 Å². The highest BCUT2D eigenvalue weighted by Crippen LogP contribution is 2.51. The Balaban J connectivity index is 2.14. The van der Waals surface area contributed by atoms with Crippen molar-refractivity contribution < 1.29 is 4.92 Å². The average Bonchev–Trinajstić information content (AvgIpc) is 3.07. The molecule has 0 spiro atoms. The first-order valence-corrected chi connectivity index (χ1v) is 6.30. The Labute approximate surface area is 107 Å². The standard InChI is InChI=1S/C13H19N3O2/c1-9(2)13(6-7-13)8-14-12-11(16(17)18)5-4-10(3)15-12/h4-5,9H,6-8H2,1-3H3,(H,14,15). The van der Waals surface area contributed by atoms with Crippen LogP contribution in [0.2, 0.25) is 0 Å². The van der Waals surface area contributed by atoms with Gasteiger partial charge in [0.1, 0.15) is 0 Å². The van der Waals surface area contributed by atoms with Crippen LogP contribution in [-0.2, 0) is 0 Å². The van der Waals surface area contributed by atoms with E-state index >= 15 is 0 Å². The predicted molar refractivity (Wildman–Crippen MR) is 70.6 cm³/mol. The maximum Gasteiger partial charge on any atom is 0.311 e. The van der Waals surface area contributed by atoms with Crippen LogP contribution >= 0.6 is 0 Å². The molecule has 1 aromatic rings. The van der Waals surface area contributed by atoms with Crippen molar-refractivity contribution in [3.63, 3.8) is 0 Å². The van der Waals surface area contributed by atoms with E-state index in [1.54, 1.807) is 6.07 Å². The normalized spacial score (nSPS) is 16.7. The third kappa shape index (κ3) is 2.44. The van der Waals surface area contributed by atoms with E-state index in [2.05, 4.69) is 24.1 Å². The molecule has 0 radical (unpaired) electrons. The van der Waals surface area contributed by atoms with Crippen LogP contribution in [0.1, 0.15) is 32.4 Å². The van der Waals surface area contributed by atoms with E-state index in [1.807, 2.05) is 6.92 Å². The van der Waals surface area contributed by atoms with Crippen LogP contribution in [0.15, 0.2) is 12.1 Å². The SMILES string of the molecule is Cc1ccc([N+](=O)[O-])c(NCC2(C(C)C)CC2)n1. The van der Waals surface area contributed by atoms with Gasteiger partial charge in [0, 0.05) is 18.3 Å². The van der Waals surface area contributed by atoms with Crippen LogP contribution in [0, 0.1) is 28.4 Å². The lowest BCUT2D eigenvalue weighted by Crippen LogP contribution is -2.21. The molecule has 0 atom stereocenters. The zero-order chi connectivity index (χ0) is 13.3. The first-order valence-electron chi connectivity index (χ1n) is 6.30. The molecule has 0 bridgehead atoms. The number of hydrogen-bond donors (Lipinski definition) is 1. The Morgan fingerprint density at radius 2 is 2.17 bits per heavy atom. The van der Waals surface area contributed by atoms with E-state index in [9.17, 15) is 10.1 Å². The number of nitrogens with one attached hydrogen (secondary N) is 1. The first kappa shape index (κ1) is 12.8. The molecule has 5 nitrogen and oxygen atoms in total. The topological polar surface area (TPSA) is 68.1 Å². The fourth-order valence-electron chi connectivity index (χ4n) is 2.21. The van der Waals surface area contributed by atoms with Crippen LogP contribution in [-0.4, -0.2) is 16.5 Å². The lowest BCUT2D eigenvalue weighted by atomic mass is 9.92. The van der Waals surface area contributed by atoms with Gasteiger partial charge in [-0.05, 0) is 37.2 Å². The van der Waals surface area contributed by atoms with Gasteiger partial charge in [0.25, 0.3) is 0 Å². The maximum absolute atomic E-state index is 10.9. The minimum absolute atomic E-state index is 0.0557. The first-order chi connectivity index (χ1) is 8.44. The fourth-order valence-corrected chi connectivity index (χ4v) is 2.21. The third-order valence-corrected chi connectivity index (χ3v) is 3.93. The van der Waals surface area contributed by atoms with E-state index in [1.165, 1.54) is 18.9 Å². The number of pyridine rings is 1. The highest BCUT2D eigenvalue weighted by atomic mass is 16.6. The Kier molecular flexibility index (Phi) is 3.24. The van der Waals surface area contributed by atoms with Crippen LogP contribution in [0.3, 0.4) is 0 Å². The summed E-state index contributed by atoms with van der Waals surface area (Å²) in [6.07, 6.45) is 2.38. The molecule has 18 heavy (non-hydrogen) atoms. The molecular formula is C13H19N3O2. The molecule has 0 aliphatic heterocycles. The zero-order valence-corrected chi connectivity index (χ0v) is 11.1. The highest BCUT2D eigenvalue weighted by Gasteiger charge is 2.45. The second-order valence-corrected chi connectivity index (χ2v) is 5.45. The molecule has 1 aliphatic carbocycles. The lowest BCUT2D eigenvalue weighted by molar-refractivity contribution is -0.384. The van der Waals surface area contributed by atoms with Crippen molar-refractivity contribution in [2.24, 2.45) is 11.3 Å². The Bertz CT molecular complexity index is 467. The summed E-state index contributed by atoms with van der Waals surface area (Å²) in [7, 11) is 0. The summed E-state index contributed by atoms with van der Waals surface area (Å²) in [4.78, 5) is 14.8. The largest absolute Gasteiger partial charge is 0.364 e. The van der Waals surface area contributed by atoms with Gasteiger partial charge in [-0.25, -0.2) is 4.98 Å². The summed E-state index contributed by atoms with van der Waals surface area (Å²) >= 11 is 0. The molecule has 98 valence electrons. The van der Waals surface area contributed by atoms with Gasteiger partial charge in [0.2, 0.25) is 5.82 Å². The van der Waals surface area contributed by atoms with Gasteiger partial charge >= 0.3 is 5.69 Å². The van der Waals surface area contributed by atoms with Crippen molar-refractivity contribution in [2.45, 2.75) is 33.6 Å². The number of nitrogens with zero attached hydrogens (tertiary/aromatic N) is 2. The smallest absolute Gasteiger partial charge is 0.311 e. The summed E-state index contributed by atoms with van der Waals surface area (Å²) in [5.41, 5.74) is 1.15. The van der Waals surface area contributed by atoms with Crippen molar-refractivity contribution in [3.05, 3.63) is 27.9 Å². The molecule has 1 fully saturated rings.